The minimum absolute atomic E-state index is 0.107. The van der Waals surface area contributed by atoms with Gasteiger partial charge >= 0.3 is 11.9 Å². The number of hydrogen-bond acceptors (Lipinski definition) is 6. The van der Waals surface area contributed by atoms with Gasteiger partial charge in [-0.3, -0.25) is 14.4 Å². The molecule has 26 heavy (non-hydrogen) atoms. The summed E-state index contributed by atoms with van der Waals surface area (Å²) in [4.78, 5) is 30.6. The van der Waals surface area contributed by atoms with Crippen molar-refractivity contribution in [3.05, 3.63) is 35.9 Å². The standard InChI is InChI=1S/C20H27NO5/c1-12(14-9-7-6-8-10-14)21-17-16(13(2)25-18(17)22)15(26-21)11-24-19(23)20(3,4)5/h6-10,12-13,15-17H,11H2,1-5H3/t12-,13+,15-,16-,17+/m1/s1. The van der Waals surface area contributed by atoms with Crippen LogP contribution < -0.4 is 0 Å². The maximum Gasteiger partial charge on any atom is 0.326 e. The molecule has 2 aliphatic rings. The van der Waals surface area contributed by atoms with Crippen LogP contribution in [0.3, 0.4) is 0 Å². The Morgan fingerprint density at radius 1 is 1.27 bits per heavy atom. The summed E-state index contributed by atoms with van der Waals surface area (Å²) in [5, 5.41) is 1.71. The molecule has 142 valence electrons. The lowest BCUT2D eigenvalue weighted by molar-refractivity contribution is -0.212. The van der Waals surface area contributed by atoms with Gasteiger partial charge in [-0.25, -0.2) is 0 Å². The molecule has 2 heterocycles. The number of fused-ring (bicyclic) bond motifs is 1. The summed E-state index contributed by atoms with van der Waals surface area (Å²) < 4.78 is 10.9. The first kappa shape index (κ1) is 18.9. The summed E-state index contributed by atoms with van der Waals surface area (Å²) in [6, 6.07) is 9.25. The van der Waals surface area contributed by atoms with Crippen molar-refractivity contribution in [3.63, 3.8) is 0 Å². The van der Waals surface area contributed by atoms with Crippen molar-refractivity contribution < 1.29 is 23.9 Å². The highest BCUT2D eigenvalue weighted by atomic mass is 16.7. The Bertz CT molecular complexity index is 669. The zero-order valence-corrected chi connectivity index (χ0v) is 16.0. The lowest BCUT2D eigenvalue weighted by Crippen LogP contribution is -2.37. The highest BCUT2D eigenvalue weighted by Gasteiger charge is 2.57. The molecule has 0 aliphatic carbocycles. The van der Waals surface area contributed by atoms with Gasteiger partial charge in [-0.05, 0) is 40.2 Å². The van der Waals surface area contributed by atoms with Crippen molar-refractivity contribution in [2.24, 2.45) is 11.3 Å². The van der Waals surface area contributed by atoms with Crippen LogP contribution in [0, 0.1) is 11.3 Å². The van der Waals surface area contributed by atoms with Gasteiger partial charge in [-0.1, -0.05) is 30.3 Å². The van der Waals surface area contributed by atoms with Crippen molar-refractivity contribution >= 4 is 11.9 Å². The molecule has 0 N–H and O–H groups in total. The average Bonchev–Trinajstić information content (AvgIpc) is 3.11. The fourth-order valence-electron chi connectivity index (χ4n) is 3.54. The summed E-state index contributed by atoms with van der Waals surface area (Å²) in [7, 11) is 0. The molecular formula is C20H27NO5. The van der Waals surface area contributed by atoms with Gasteiger partial charge in [0, 0.05) is 0 Å². The number of cyclic esters (lactones) is 1. The fraction of sp³-hybridized carbons (Fsp3) is 0.600. The summed E-state index contributed by atoms with van der Waals surface area (Å²) in [5.74, 6) is -0.735. The van der Waals surface area contributed by atoms with Crippen LogP contribution in [0.4, 0.5) is 0 Å². The Labute approximate surface area is 154 Å². The summed E-state index contributed by atoms with van der Waals surface area (Å²) in [6.45, 7) is 9.39. The van der Waals surface area contributed by atoms with Crippen molar-refractivity contribution in [1.29, 1.82) is 0 Å². The quantitative estimate of drug-likeness (QED) is 0.769. The number of hydroxylamine groups is 2. The van der Waals surface area contributed by atoms with Crippen LogP contribution in [0.1, 0.15) is 46.2 Å². The van der Waals surface area contributed by atoms with E-state index in [9.17, 15) is 9.59 Å². The first-order chi connectivity index (χ1) is 12.2. The van der Waals surface area contributed by atoms with Gasteiger partial charge < -0.3 is 9.47 Å². The Morgan fingerprint density at radius 3 is 2.54 bits per heavy atom. The molecular weight excluding hydrogens is 334 g/mol. The molecule has 0 unspecified atom stereocenters. The SMILES string of the molecule is C[C@@H]1OC(=O)[C@@H]2[C@H]1[C@@H](COC(=O)C(C)(C)C)ON2[C@H](C)c1ccccc1. The van der Waals surface area contributed by atoms with Gasteiger partial charge in [0.2, 0.25) is 0 Å². The Morgan fingerprint density at radius 2 is 1.92 bits per heavy atom. The van der Waals surface area contributed by atoms with Gasteiger partial charge in [0.1, 0.15) is 24.9 Å². The smallest absolute Gasteiger partial charge is 0.326 e. The van der Waals surface area contributed by atoms with Gasteiger partial charge in [-0.15, -0.1) is 0 Å². The Balaban J connectivity index is 1.78. The van der Waals surface area contributed by atoms with Crippen LogP contribution in [0.25, 0.3) is 0 Å². The number of rotatable bonds is 4. The molecule has 0 spiro atoms. The van der Waals surface area contributed by atoms with E-state index < -0.39 is 17.6 Å². The predicted molar refractivity (Wildman–Crippen MR) is 94.8 cm³/mol. The van der Waals surface area contributed by atoms with Gasteiger partial charge in [0.25, 0.3) is 0 Å². The van der Waals surface area contributed by atoms with Gasteiger partial charge in [-0.2, -0.15) is 5.06 Å². The number of nitrogens with zero attached hydrogens (tertiary/aromatic N) is 1. The second-order valence-corrected chi connectivity index (χ2v) is 8.10. The van der Waals surface area contributed by atoms with Gasteiger partial charge in [0.15, 0.2) is 0 Å². The van der Waals surface area contributed by atoms with Crippen molar-refractivity contribution in [3.8, 4) is 0 Å². The molecule has 0 amide bonds. The first-order valence-electron chi connectivity index (χ1n) is 9.08. The van der Waals surface area contributed by atoms with Crippen LogP contribution in [0.15, 0.2) is 30.3 Å². The highest BCUT2D eigenvalue weighted by molar-refractivity contribution is 5.79. The van der Waals surface area contributed by atoms with E-state index in [-0.39, 0.29) is 36.6 Å². The zero-order chi connectivity index (χ0) is 19.1. The van der Waals surface area contributed by atoms with Crippen LogP contribution in [0.2, 0.25) is 0 Å². The second-order valence-electron chi connectivity index (χ2n) is 8.10. The lowest BCUT2D eigenvalue weighted by atomic mass is 9.92. The summed E-state index contributed by atoms with van der Waals surface area (Å²) in [6.07, 6.45) is -0.683. The molecule has 6 heteroatoms. The van der Waals surface area contributed by atoms with Crippen LogP contribution in [0.5, 0.6) is 0 Å². The average molecular weight is 361 g/mol. The van der Waals surface area contributed by atoms with Crippen molar-refractivity contribution in [2.45, 2.75) is 58.9 Å². The van der Waals surface area contributed by atoms with Crippen molar-refractivity contribution in [2.75, 3.05) is 6.61 Å². The third kappa shape index (κ3) is 3.48. The molecule has 0 bridgehead atoms. The summed E-state index contributed by atoms with van der Waals surface area (Å²) in [5.41, 5.74) is 0.466. The minimum Gasteiger partial charge on any atom is -0.462 e. The molecule has 0 aromatic heterocycles. The van der Waals surface area contributed by atoms with Gasteiger partial charge in [0.05, 0.1) is 17.4 Å². The molecule has 0 radical (unpaired) electrons. The normalized spacial score (nSPS) is 30.0. The van der Waals surface area contributed by atoms with E-state index >= 15 is 0 Å². The van der Waals surface area contributed by atoms with E-state index in [0.717, 1.165) is 5.56 Å². The Kier molecular flexibility index (Phi) is 5.08. The van der Waals surface area contributed by atoms with E-state index in [0.29, 0.717) is 0 Å². The van der Waals surface area contributed by atoms with Crippen molar-refractivity contribution in [1.82, 2.24) is 5.06 Å². The largest absolute Gasteiger partial charge is 0.462 e. The summed E-state index contributed by atoms with van der Waals surface area (Å²) >= 11 is 0. The Hall–Kier alpha value is -1.92. The second kappa shape index (κ2) is 7.00. The molecule has 2 aliphatic heterocycles. The van der Waals surface area contributed by atoms with E-state index in [4.69, 9.17) is 14.3 Å². The number of carbonyl (C=O) groups excluding carboxylic acids is 2. The van der Waals surface area contributed by atoms with Crippen LogP contribution >= 0.6 is 0 Å². The molecule has 5 atom stereocenters. The third-order valence-electron chi connectivity index (χ3n) is 5.07. The maximum absolute atomic E-state index is 12.4. The van der Waals surface area contributed by atoms with E-state index in [1.807, 2.05) is 65.0 Å². The minimum atomic E-state index is -0.581. The molecule has 0 saturated carbocycles. The molecule has 1 aromatic carbocycles. The zero-order valence-electron chi connectivity index (χ0n) is 16.0. The maximum atomic E-state index is 12.4. The van der Waals surface area contributed by atoms with E-state index in [1.165, 1.54) is 0 Å². The lowest BCUT2D eigenvalue weighted by Gasteiger charge is -2.27. The van der Waals surface area contributed by atoms with E-state index in [1.54, 1.807) is 5.06 Å². The first-order valence-corrected chi connectivity index (χ1v) is 9.08. The molecule has 6 nitrogen and oxygen atoms in total. The molecule has 1 aromatic rings. The molecule has 3 rings (SSSR count). The fourth-order valence-corrected chi connectivity index (χ4v) is 3.54. The number of benzene rings is 1. The third-order valence-corrected chi connectivity index (χ3v) is 5.07. The topological polar surface area (TPSA) is 65.1 Å². The van der Waals surface area contributed by atoms with E-state index in [2.05, 4.69) is 0 Å². The highest BCUT2D eigenvalue weighted by Crippen LogP contribution is 2.42. The van der Waals surface area contributed by atoms with Crippen LogP contribution in [-0.4, -0.2) is 41.9 Å². The number of hydrogen-bond donors (Lipinski definition) is 0. The van der Waals surface area contributed by atoms with Crippen LogP contribution in [-0.2, 0) is 23.9 Å². The number of ether oxygens (including phenoxy) is 2. The number of carbonyl (C=O) groups is 2. The molecule has 2 saturated heterocycles. The predicted octanol–water partition coefficient (Wildman–Crippen LogP) is 2.88. The monoisotopic (exact) mass is 361 g/mol. The number of esters is 2. The molecule has 2 fully saturated rings.